The largest absolute Gasteiger partial charge is 0.411 e. The van der Waals surface area contributed by atoms with Crippen LogP contribution in [0, 0.1) is 0 Å². The molecule has 1 aromatic heterocycles. The lowest BCUT2D eigenvalue weighted by molar-refractivity contribution is -0.176. The zero-order valence-electron chi connectivity index (χ0n) is 14.1. The van der Waals surface area contributed by atoms with Gasteiger partial charge in [-0.05, 0) is 57.8 Å². The Morgan fingerprint density at radius 2 is 1.81 bits per heavy atom. The molecule has 1 amide bonds. The summed E-state index contributed by atoms with van der Waals surface area (Å²) in [6.45, 7) is -1.46. The number of benzene rings is 2. The van der Waals surface area contributed by atoms with Crippen LogP contribution in [0.2, 0.25) is 0 Å². The van der Waals surface area contributed by atoms with Gasteiger partial charge in [0.15, 0.2) is 0 Å². The second kappa shape index (κ2) is 8.37. The van der Waals surface area contributed by atoms with Gasteiger partial charge in [-0.1, -0.05) is 24.3 Å². The van der Waals surface area contributed by atoms with E-state index in [1.807, 2.05) is 35.0 Å². The van der Waals surface area contributed by atoms with Gasteiger partial charge in [-0.25, -0.2) is 0 Å². The van der Waals surface area contributed by atoms with Gasteiger partial charge >= 0.3 is 6.18 Å². The molecular formula is C20H16F3NO2S. The van der Waals surface area contributed by atoms with E-state index in [1.54, 1.807) is 41.7 Å². The molecule has 3 nitrogen and oxygen atoms in total. The normalized spacial score (nSPS) is 11.4. The van der Waals surface area contributed by atoms with Crippen molar-refractivity contribution in [3.63, 3.8) is 0 Å². The lowest BCUT2D eigenvalue weighted by atomic mass is 10.1. The van der Waals surface area contributed by atoms with Crippen molar-refractivity contribution in [2.24, 2.45) is 0 Å². The predicted octanol–water partition coefficient (Wildman–Crippen LogP) is 5.75. The number of ether oxygens (including phenoxy) is 1. The quantitative estimate of drug-likeness (QED) is 0.581. The molecule has 2 aromatic carbocycles. The number of carbonyl (C=O) groups is 1. The summed E-state index contributed by atoms with van der Waals surface area (Å²) >= 11 is 1.60. The highest BCUT2D eigenvalue weighted by Crippen LogP contribution is 2.25. The molecule has 0 saturated carbocycles. The van der Waals surface area contributed by atoms with Crippen molar-refractivity contribution < 1.29 is 22.7 Å². The summed E-state index contributed by atoms with van der Waals surface area (Å²) in [6.07, 6.45) is -4.35. The molecule has 0 atom stereocenters. The number of rotatable bonds is 6. The fourth-order valence-corrected chi connectivity index (χ4v) is 3.11. The smallest absolute Gasteiger partial charge is 0.367 e. The van der Waals surface area contributed by atoms with Gasteiger partial charge in [-0.3, -0.25) is 4.79 Å². The molecule has 0 aliphatic rings. The van der Waals surface area contributed by atoms with Crippen LogP contribution in [-0.2, 0) is 11.3 Å². The van der Waals surface area contributed by atoms with E-state index in [2.05, 4.69) is 10.1 Å². The zero-order chi connectivity index (χ0) is 19.3. The van der Waals surface area contributed by atoms with Crippen LogP contribution in [0.15, 0.2) is 65.4 Å². The van der Waals surface area contributed by atoms with Crippen molar-refractivity contribution in [1.82, 2.24) is 0 Å². The Morgan fingerprint density at radius 1 is 1.04 bits per heavy atom. The standard InChI is InChI=1S/C20H16F3NO2S/c21-20(22,23)13-26-11-14-4-6-15(7-5-14)19(25)24-18-3-1-2-16(10-18)17-8-9-27-12-17/h1-10,12H,11,13H2,(H,24,25). The number of anilines is 1. The van der Waals surface area contributed by atoms with Gasteiger partial charge in [0, 0.05) is 11.3 Å². The highest BCUT2D eigenvalue weighted by atomic mass is 32.1. The summed E-state index contributed by atoms with van der Waals surface area (Å²) in [5.41, 5.74) is 3.73. The Bertz CT molecular complexity index is 890. The first-order valence-electron chi connectivity index (χ1n) is 8.08. The number of thiophene rings is 1. The molecule has 0 aliphatic heterocycles. The van der Waals surface area contributed by atoms with Crippen molar-refractivity contribution in [2.45, 2.75) is 12.8 Å². The van der Waals surface area contributed by atoms with Gasteiger partial charge in [0.05, 0.1) is 6.61 Å². The van der Waals surface area contributed by atoms with Crippen molar-refractivity contribution in [2.75, 3.05) is 11.9 Å². The Kier molecular flexibility index (Phi) is 5.93. The van der Waals surface area contributed by atoms with E-state index in [1.165, 1.54) is 0 Å². The molecule has 3 rings (SSSR count). The third-order valence-electron chi connectivity index (χ3n) is 3.73. The summed E-state index contributed by atoms with van der Waals surface area (Å²) in [5, 5.41) is 6.84. The predicted molar refractivity (Wildman–Crippen MR) is 99.9 cm³/mol. The minimum atomic E-state index is -4.35. The van der Waals surface area contributed by atoms with Crippen molar-refractivity contribution >= 4 is 22.9 Å². The molecule has 0 spiro atoms. The number of carbonyl (C=O) groups excluding carboxylic acids is 1. The van der Waals surface area contributed by atoms with Crippen LogP contribution in [0.3, 0.4) is 0 Å². The molecule has 0 saturated heterocycles. The first kappa shape index (κ1) is 19.1. The molecule has 27 heavy (non-hydrogen) atoms. The molecule has 3 aromatic rings. The van der Waals surface area contributed by atoms with Crippen LogP contribution >= 0.6 is 11.3 Å². The highest BCUT2D eigenvalue weighted by Gasteiger charge is 2.27. The summed E-state index contributed by atoms with van der Waals surface area (Å²) < 4.78 is 40.8. The minimum absolute atomic E-state index is 0.163. The summed E-state index contributed by atoms with van der Waals surface area (Å²) in [5.74, 6) is -0.291. The Labute approximate surface area is 158 Å². The lowest BCUT2D eigenvalue weighted by Crippen LogP contribution is -2.16. The fourth-order valence-electron chi connectivity index (χ4n) is 2.45. The maximum atomic E-state index is 12.4. The number of amides is 1. The monoisotopic (exact) mass is 391 g/mol. The van der Waals surface area contributed by atoms with E-state index in [0.29, 0.717) is 16.8 Å². The number of nitrogens with one attached hydrogen (secondary N) is 1. The van der Waals surface area contributed by atoms with E-state index in [4.69, 9.17) is 0 Å². The maximum absolute atomic E-state index is 12.4. The van der Waals surface area contributed by atoms with Crippen LogP contribution in [0.1, 0.15) is 15.9 Å². The van der Waals surface area contributed by atoms with Gasteiger partial charge in [0.25, 0.3) is 5.91 Å². The molecule has 140 valence electrons. The first-order valence-corrected chi connectivity index (χ1v) is 9.02. The highest BCUT2D eigenvalue weighted by molar-refractivity contribution is 7.08. The van der Waals surface area contributed by atoms with Gasteiger partial charge < -0.3 is 10.1 Å². The number of hydrogen-bond acceptors (Lipinski definition) is 3. The molecule has 1 heterocycles. The van der Waals surface area contributed by atoms with E-state index >= 15 is 0 Å². The van der Waals surface area contributed by atoms with E-state index in [9.17, 15) is 18.0 Å². The van der Waals surface area contributed by atoms with E-state index in [-0.39, 0.29) is 12.5 Å². The van der Waals surface area contributed by atoms with Crippen LogP contribution in [-0.4, -0.2) is 18.7 Å². The molecule has 0 unspecified atom stereocenters. The lowest BCUT2D eigenvalue weighted by Gasteiger charge is -2.09. The topological polar surface area (TPSA) is 38.3 Å². The SMILES string of the molecule is O=C(Nc1cccc(-c2ccsc2)c1)c1ccc(COCC(F)(F)F)cc1. The molecule has 0 radical (unpaired) electrons. The minimum Gasteiger partial charge on any atom is -0.367 e. The van der Waals surface area contributed by atoms with Crippen LogP contribution in [0.25, 0.3) is 11.1 Å². The molecule has 7 heteroatoms. The van der Waals surface area contributed by atoms with Crippen LogP contribution < -0.4 is 5.32 Å². The first-order chi connectivity index (χ1) is 12.9. The van der Waals surface area contributed by atoms with E-state index in [0.717, 1.165) is 11.1 Å². The van der Waals surface area contributed by atoms with Gasteiger partial charge in [0.1, 0.15) is 6.61 Å². The number of hydrogen-bond donors (Lipinski definition) is 1. The molecule has 0 aliphatic carbocycles. The summed E-state index contributed by atoms with van der Waals surface area (Å²) in [7, 11) is 0. The Morgan fingerprint density at radius 3 is 2.48 bits per heavy atom. The van der Waals surface area contributed by atoms with Crippen LogP contribution in [0.4, 0.5) is 18.9 Å². The maximum Gasteiger partial charge on any atom is 0.411 e. The number of halogens is 3. The molecule has 0 bridgehead atoms. The summed E-state index contributed by atoms with van der Waals surface area (Å²) in [6, 6.07) is 15.8. The zero-order valence-corrected chi connectivity index (χ0v) is 14.9. The molecule has 1 N–H and O–H groups in total. The average Bonchev–Trinajstić information content (AvgIpc) is 3.16. The third kappa shape index (κ3) is 5.67. The van der Waals surface area contributed by atoms with Gasteiger partial charge in [0.2, 0.25) is 0 Å². The second-order valence-corrected chi connectivity index (χ2v) is 6.63. The molecular weight excluding hydrogens is 375 g/mol. The second-order valence-electron chi connectivity index (χ2n) is 5.85. The molecule has 0 fully saturated rings. The third-order valence-corrected chi connectivity index (χ3v) is 4.41. The van der Waals surface area contributed by atoms with Gasteiger partial charge in [-0.15, -0.1) is 0 Å². The van der Waals surface area contributed by atoms with E-state index < -0.39 is 12.8 Å². The Hall–Kier alpha value is -2.64. The Balaban J connectivity index is 1.60. The van der Waals surface area contributed by atoms with Crippen molar-refractivity contribution in [3.05, 3.63) is 76.5 Å². The van der Waals surface area contributed by atoms with Crippen molar-refractivity contribution in [3.8, 4) is 11.1 Å². The van der Waals surface area contributed by atoms with Gasteiger partial charge in [-0.2, -0.15) is 24.5 Å². The van der Waals surface area contributed by atoms with Crippen molar-refractivity contribution in [1.29, 1.82) is 0 Å². The summed E-state index contributed by atoms with van der Waals surface area (Å²) in [4.78, 5) is 12.4. The van der Waals surface area contributed by atoms with Crippen LogP contribution in [0.5, 0.6) is 0 Å². The number of alkyl halides is 3. The average molecular weight is 391 g/mol. The fraction of sp³-hybridized carbons (Fsp3) is 0.150.